The minimum atomic E-state index is -0.362. The fraction of sp³-hybridized carbons (Fsp3) is 0.0196. The van der Waals surface area contributed by atoms with Crippen LogP contribution in [0.25, 0.3) is 72.5 Å². The van der Waals surface area contributed by atoms with E-state index >= 15 is 0 Å². The highest BCUT2D eigenvalue weighted by Crippen LogP contribution is 2.63. The normalized spacial score (nSPS) is 14.2. The topological polar surface area (TPSA) is 47.7 Å². The Morgan fingerprint density at radius 2 is 0.849 bits per heavy atom. The summed E-state index contributed by atoms with van der Waals surface area (Å²) in [5.74, 6) is 0. The number of allylic oxidation sites excluding steroid dienone is 1. The molecular formula is C51H32N2. The lowest BCUT2D eigenvalue weighted by molar-refractivity contribution is 0.794. The molecule has 0 saturated heterocycles. The van der Waals surface area contributed by atoms with E-state index in [0.29, 0.717) is 0 Å². The van der Waals surface area contributed by atoms with E-state index in [1.807, 2.05) is 6.08 Å². The highest BCUT2D eigenvalue weighted by Gasteiger charge is 2.51. The molecule has 11 rings (SSSR count). The van der Waals surface area contributed by atoms with Crippen LogP contribution in [0, 0.1) is 10.8 Å². The highest BCUT2D eigenvalue weighted by molar-refractivity contribution is 6.53. The second kappa shape index (κ2) is 11.0. The summed E-state index contributed by atoms with van der Waals surface area (Å²) in [5.41, 5.74) is 19.7. The lowest BCUT2D eigenvalue weighted by Gasteiger charge is -2.30. The summed E-state index contributed by atoms with van der Waals surface area (Å²) in [7, 11) is 0. The Morgan fingerprint density at radius 1 is 0.358 bits per heavy atom. The number of benzene rings is 8. The maximum atomic E-state index is 8.57. The van der Waals surface area contributed by atoms with Crippen LogP contribution in [0.4, 0.5) is 0 Å². The van der Waals surface area contributed by atoms with Crippen molar-refractivity contribution >= 4 is 28.3 Å². The number of hydrogen-bond acceptors (Lipinski definition) is 2. The Labute approximate surface area is 308 Å². The van der Waals surface area contributed by atoms with Crippen molar-refractivity contribution in [2.75, 3.05) is 0 Å². The molecule has 0 aromatic heterocycles. The van der Waals surface area contributed by atoms with Crippen molar-refractivity contribution < 1.29 is 0 Å². The predicted octanol–water partition coefficient (Wildman–Crippen LogP) is 12.6. The van der Waals surface area contributed by atoms with E-state index in [1.165, 1.54) is 66.8 Å². The molecule has 3 aliphatic rings. The summed E-state index contributed by atoms with van der Waals surface area (Å²) in [5, 5.41) is 18.8. The molecule has 0 radical (unpaired) electrons. The van der Waals surface area contributed by atoms with Gasteiger partial charge in [-0.25, -0.2) is 0 Å². The number of fused-ring (bicyclic) bond motifs is 13. The molecule has 0 heterocycles. The molecule has 0 fully saturated rings. The molecule has 0 atom stereocenters. The summed E-state index contributed by atoms with van der Waals surface area (Å²) in [6.45, 7) is 0. The minimum Gasteiger partial charge on any atom is -0.299 e. The van der Waals surface area contributed by atoms with Crippen molar-refractivity contribution in [3.8, 4) is 55.6 Å². The maximum absolute atomic E-state index is 8.57. The largest absolute Gasteiger partial charge is 0.299 e. The van der Waals surface area contributed by atoms with Crippen molar-refractivity contribution in [3.63, 3.8) is 0 Å². The molecule has 53 heavy (non-hydrogen) atoms. The molecule has 1 spiro atoms. The van der Waals surface area contributed by atoms with Crippen LogP contribution in [0.3, 0.4) is 0 Å². The Kier molecular flexibility index (Phi) is 6.21. The molecule has 246 valence electrons. The number of hydrogen-bond donors (Lipinski definition) is 2. The first-order valence-corrected chi connectivity index (χ1v) is 18.2. The molecule has 2 heteroatoms. The molecule has 0 bridgehead atoms. The first-order valence-electron chi connectivity index (χ1n) is 18.2. The summed E-state index contributed by atoms with van der Waals surface area (Å²) < 4.78 is 0. The van der Waals surface area contributed by atoms with Crippen molar-refractivity contribution in [2.45, 2.75) is 5.41 Å². The fourth-order valence-electron chi connectivity index (χ4n) is 9.37. The molecule has 2 nitrogen and oxygen atoms in total. The van der Waals surface area contributed by atoms with Gasteiger partial charge in [0.2, 0.25) is 0 Å². The van der Waals surface area contributed by atoms with Crippen LogP contribution in [0.1, 0.15) is 33.4 Å². The fourth-order valence-corrected chi connectivity index (χ4v) is 9.37. The average Bonchev–Trinajstić information content (AvgIpc) is 3.69. The molecule has 0 amide bonds. The molecule has 0 aliphatic heterocycles. The zero-order chi connectivity index (χ0) is 35.3. The molecule has 0 unspecified atom stereocenters. The highest BCUT2D eigenvalue weighted by atomic mass is 14.5. The maximum Gasteiger partial charge on any atom is 0.0873 e. The number of nitrogens with one attached hydrogen (secondary N) is 2. The lowest BCUT2D eigenvalue weighted by Crippen LogP contribution is -2.25. The summed E-state index contributed by atoms with van der Waals surface area (Å²) >= 11 is 0. The number of rotatable bonds is 3. The third-order valence-electron chi connectivity index (χ3n) is 11.7. The van der Waals surface area contributed by atoms with Crippen LogP contribution in [-0.2, 0) is 5.41 Å². The van der Waals surface area contributed by atoms with Crippen LogP contribution in [0.5, 0.6) is 0 Å². The van der Waals surface area contributed by atoms with E-state index in [0.717, 1.165) is 33.0 Å². The first-order chi connectivity index (χ1) is 26.1. The van der Waals surface area contributed by atoms with Crippen molar-refractivity contribution in [1.82, 2.24) is 0 Å². The van der Waals surface area contributed by atoms with Gasteiger partial charge in [0.1, 0.15) is 0 Å². The van der Waals surface area contributed by atoms with Gasteiger partial charge in [0.25, 0.3) is 0 Å². The van der Waals surface area contributed by atoms with Gasteiger partial charge in [-0.2, -0.15) is 0 Å². The Morgan fingerprint density at radius 3 is 1.43 bits per heavy atom. The van der Waals surface area contributed by atoms with Crippen molar-refractivity contribution in [3.05, 3.63) is 209 Å². The second-order valence-electron chi connectivity index (χ2n) is 14.4. The molecule has 3 aliphatic carbocycles. The molecular weight excluding hydrogens is 641 g/mol. The van der Waals surface area contributed by atoms with E-state index in [1.54, 1.807) is 6.08 Å². The quantitative estimate of drug-likeness (QED) is 0.188. The standard InChI is InChI=1S/C51H32N2/c52-48-26-23-31-19-20-38-29-36(21-24-39(38)49(31)50(48)53)34-11-7-9-32(27-34)33-10-8-12-35(28-33)37-22-25-43-42-15-3-6-18-46(42)51(47(43)30-37)44-16-4-1-13-40(44)41-14-2-5-17-45(41)51/h1-30,52-53H. The third-order valence-corrected chi connectivity index (χ3v) is 11.7. The Balaban J connectivity index is 1.01. The zero-order valence-electron chi connectivity index (χ0n) is 28.8. The smallest absolute Gasteiger partial charge is 0.0873 e. The van der Waals surface area contributed by atoms with E-state index in [4.69, 9.17) is 10.8 Å². The summed E-state index contributed by atoms with van der Waals surface area (Å²) in [4.78, 5) is 0. The van der Waals surface area contributed by atoms with E-state index in [2.05, 4.69) is 170 Å². The van der Waals surface area contributed by atoms with Gasteiger partial charge in [0.05, 0.1) is 16.8 Å². The van der Waals surface area contributed by atoms with Gasteiger partial charge in [-0.05, 0) is 125 Å². The second-order valence-corrected chi connectivity index (χ2v) is 14.4. The third kappa shape index (κ3) is 4.15. The van der Waals surface area contributed by atoms with Gasteiger partial charge in [-0.3, -0.25) is 10.8 Å². The minimum absolute atomic E-state index is 0.252. The first kappa shape index (κ1) is 29.8. The lowest BCUT2D eigenvalue weighted by atomic mass is 9.70. The van der Waals surface area contributed by atoms with Gasteiger partial charge < -0.3 is 0 Å². The Bertz CT molecular complexity index is 2880. The van der Waals surface area contributed by atoms with Crippen molar-refractivity contribution in [1.29, 1.82) is 10.8 Å². The molecule has 0 saturated carbocycles. The zero-order valence-corrected chi connectivity index (χ0v) is 28.8. The monoisotopic (exact) mass is 672 g/mol. The van der Waals surface area contributed by atoms with Crippen LogP contribution in [-0.4, -0.2) is 11.4 Å². The van der Waals surface area contributed by atoms with Gasteiger partial charge in [-0.15, -0.1) is 0 Å². The summed E-state index contributed by atoms with van der Waals surface area (Å²) in [6.07, 6.45) is 3.65. The molecule has 8 aromatic rings. The van der Waals surface area contributed by atoms with Crippen LogP contribution >= 0.6 is 0 Å². The van der Waals surface area contributed by atoms with Gasteiger partial charge in [-0.1, -0.05) is 152 Å². The molecule has 8 aromatic carbocycles. The van der Waals surface area contributed by atoms with E-state index < -0.39 is 0 Å². The van der Waals surface area contributed by atoms with Gasteiger partial charge in [0, 0.05) is 5.56 Å². The van der Waals surface area contributed by atoms with Crippen LogP contribution < -0.4 is 0 Å². The average molecular weight is 673 g/mol. The van der Waals surface area contributed by atoms with E-state index in [-0.39, 0.29) is 16.8 Å². The van der Waals surface area contributed by atoms with Gasteiger partial charge in [0.15, 0.2) is 0 Å². The van der Waals surface area contributed by atoms with Gasteiger partial charge >= 0.3 is 0 Å². The molecule has 2 N–H and O–H groups in total. The summed E-state index contributed by atoms with van der Waals surface area (Å²) in [6, 6.07) is 62.4. The van der Waals surface area contributed by atoms with E-state index in [9.17, 15) is 0 Å². The predicted molar refractivity (Wildman–Crippen MR) is 220 cm³/mol. The Hall–Kier alpha value is -6.90. The van der Waals surface area contributed by atoms with Crippen LogP contribution in [0.15, 0.2) is 176 Å². The van der Waals surface area contributed by atoms with Crippen molar-refractivity contribution in [2.24, 2.45) is 0 Å². The van der Waals surface area contributed by atoms with Crippen LogP contribution in [0.2, 0.25) is 0 Å². The SMILES string of the molecule is N=C1C=Cc2ccc3cc(-c4cccc(-c5cccc(-c6ccc7c(c6)C6(c8ccccc8-c8ccccc86)c6ccccc6-7)c5)c4)ccc3c2C1=N.